The van der Waals surface area contributed by atoms with Crippen LogP contribution in [0.4, 0.5) is 17.1 Å². The van der Waals surface area contributed by atoms with Gasteiger partial charge in [0, 0.05) is 12.2 Å². The number of anilines is 3. The predicted molar refractivity (Wildman–Crippen MR) is 54.2 cm³/mol. The average molecular weight is 165 g/mol. The zero-order chi connectivity index (χ0) is 9.14. The monoisotopic (exact) mass is 165 g/mol. The van der Waals surface area contributed by atoms with E-state index < -0.39 is 0 Å². The molecule has 3 heteroatoms. The molecule has 0 aromatic heterocycles. The van der Waals surface area contributed by atoms with Crippen molar-refractivity contribution in [3.05, 3.63) is 17.7 Å². The Hall–Kier alpha value is -1.38. The number of rotatable bonds is 2. The summed E-state index contributed by atoms with van der Waals surface area (Å²) in [7, 11) is 0. The molecule has 0 bridgehead atoms. The minimum atomic E-state index is 0.636. The molecule has 0 spiro atoms. The fourth-order valence-electron chi connectivity index (χ4n) is 1.13. The molecule has 0 amide bonds. The predicted octanol–water partition coefficient (Wildman–Crippen LogP) is 1.59. The van der Waals surface area contributed by atoms with Crippen LogP contribution in [-0.2, 0) is 0 Å². The highest BCUT2D eigenvalue weighted by molar-refractivity contribution is 5.72. The molecule has 0 aliphatic heterocycles. The second-order valence-corrected chi connectivity index (χ2v) is 2.83. The highest BCUT2D eigenvalue weighted by Crippen LogP contribution is 2.24. The molecule has 1 aromatic carbocycles. The van der Waals surface area contributed by atoms with Gasteiger partial charge in [0.05, 0.1) is 11.4 Å². The molecule has 0 atom stereocenters. The molecule has 0 saturated heterocycles. The van der Waals surface area contributed by atoms with Crippen molar-refractivity contribution in [2.75, 3.05) is 23.3 Å². The van der Waals surface area contributed by atoms with Crippen LogP contribution < -0.4 is 16.8 Å². The summed E-state index contributed by atoms with van der Waals surface area (Å²) in [6.45, 7) is 4.95. The maximum Gasteiger partial charge on any atom is 0.0568 e. The van der Waals surface area contributed by atoms with Crippen molar-refractivity contribution in [2.45, 2.75) is 13.8 Å². The van der Waals surface area contributed by atoms with E-state index >= 15 is 0 Å². The van der Waals surface area contributed by atoms with Crippen LogP contribution in [0, 0.1) is 6.92 Å². The summed E-state index contributed by atoms with van der Waals surface area (Å²) in [6, 6.07) is 3.75. The van der Waals surface area contributed by atoms with Crippen LogP contribution in [0.25, 0.3) is 0 Å². The van der Waals surface area contributed by atoms with Gasteiger partial charge in [-0.2, -0.15) is 0 Å². The van der Waals surface area contributed by atoms with Crippen molar-refractivity contribution in [3.8, 4) is 0 Å². The third kappa shape index (κ3) is 1.61. The number of nitrogens with two attached hydrogens (primary N) is 2. The Balaban J connectivity index is 3.05. The molecule has 0 heterocycles. The Bertz CT molecular complexity index is 281. The van der Waals surface area contributed by atoms with E-state index in [4.69, 9.17) is 11.5 Å². The van der Waals surface area contributed by atoms with E-state index in [0.29, 0.717) is 11.4 Å². The SMILES string of the molecule is CCNc1cc(N)c(N)cc1C. The summed E-state index contributed by atoms with van der Waals surface area (Å²) in [6.07, 6.45) is 0. The molecule has 0 radical (unpaired) electrons. The van der Waals surface area contributed by atoms with Gasteiger partial charge in [-0.25, -0.2) is 0 Å². The first-order chi connectivity index (χ1) is 5.65. The van der Waals surface area contributed by atoms with E-state index in [1.807, 2.05) is 26.0 Å². The van der Waals surface area contributed by atoms with Gasteiger partial charge in [0.1, 0.15) is 0 Å². The minimum Gasteiger partial charge on any atom is -0.397 e. The van der Waals surface area contributed by atoms with Crippen LogP contribution >= 0.6 is 0 Å². The first-order valence-electron chi connectivity index (χ1n) is 4.04. The van der Waals surface area contributed by atoms with Crippen LogP contribution in [0.5, 0.6) is 0 Å². The third-order valence-corrected chi connectivity index (χ3v) is 1.80. The molecule has 0 fully saturated rings. The fraction of sp³-hybridized carbons (Fsp3) is 0.333. The van der Waals surface area contributed by atoms with Crippen LogP contribution in [0.15, 0.2) is 12.1 Å². The summed E-state index contributed by atoms with van der Waals surface area (Å²) in [5.41, 5.74) is 14.8. The Kier molecular flexibility index (Phi) is 2.43. The first kappa shape index (κ1) is 8.71. The van der Waals surface area contributed by atoms with Crippen molar-refractivity contribution in [1.82, 2.24) is 0 Å². The van der Waals surface area contributed by atoms with Crippen LogP contribution in [0.3, 0.4) is 0 Å². The number of nitrogen functional groups attached to an aromatic ring is 2. The summed E-state index contributed by atoms with van der Waals surface area (Å²) >= 11 is 0. The van der Waals surface area contributed by atoms with E-state index in [9.17, 15) is 0 Å². The normalized spacial score (nSPS) is 9.83. The van der Waals surface area contributed by atoms with Gasteiger partial charge in [-0.05, 0) is 31.5 Å². The molecular formula is C9H15N3. The van der Waals surface area contributed by atoms with Crippen molar-refractivity contribution >= 4 is 17.1 Å². The first-order valence-corrected chi connectivity index (χ1v) is 4.04. The summed E-state index contributed by atoms with van der Waals surface area (Å²) in [5.74, 6) is 0. The second kappa shape index (κ2) is 3.34. The quantitative estimate of drug-likeness (QED) is 0.583. The number of benzene rings is 1. The number of hydrogen-bond donors (Lipinski definition) is 3. The molecule has 0 saturated carbocycles. The highest BCUT2D eigenvalue weighted by atomic mass is 14.9. The van der Waals surface area contributed by atoms with Crippen LogP contribution in [0.2, 0.25) is 0 Å². The molecule has 3 nitrogen and oxygen atoms in total. The molecule has 0 aliphatic carbocycles. The topological polar surface area (TPSA) is 64.1 Å². The lowest BCUT2D eigenvalue weighted by molar-refractivity contribution is 1.20. The number of aryl methyl sites for hydroxylation is 1. The van der Waals surface area contributed by atoms with E-state index in [-0.39, 0.29) is 0 Å². The molecular weight excluding hydrogens is 150 g/mol. The molecule has 1 aromatic rings. The standard InChI is InChI=1S/C9H15N3/c1-3-12-9-5-8(11)7(10)4-6(9)2/h4-5,12H,3,10-11H2,1-2H3. The van der Waals surface area contributed by atoms with Gasteiger partial charge >= 0.3 is 0 Å². The fourth-order valence-corrected chi connectivity index (χ4v) is 1.13. The van der Waals surface area contributed by atoms with E-state index in [1.54, 1.807) is 0 Å². The van der Waals surface area contributed by atoms with Gasteiger partial charge in [-0.15, -0.1) is 0 Å². The Labute approximate surface area is 72.8 Å². The van der Waals surface area contributed by atoms with Gasteiger partial charge < -0.3 is 16.8 Å². The number of nitrogens with one attached hydrogen (secondary N) is 1. The van der Waals surface area contributed by atoms with E-state index in [0.717, 1.165) is 17.8 Å². The van der Waals surface area contributed by atoms with Crippen molar-refractivity contribution < 1.29 is 0 Å². The molecule has 0 aliphatic rings. The highest BCUT2D eigenvalue weighted by Gasteiger charge is 2.00. The van der Waals surface area contributed by atoms with Gasteiger partial charge in [0.25, 0.3) is 0 Å². The largest absolute Gasteiger partial charge is 0.397 e. The van der Waals surface area contributed by atoms with E-state index in [1.165, 1.54) is 0 Å². The van der Waals surface area contributed by atoms with Gasteiger partial charge in [-0.1, -0.05) is 0 Å². The zero-order valence-corrected chi connectivity index (χ0v) is 7.52. The van der Waals surface area contributed by atoms with Crippen LogP contribution in [0.1, 0.15) is 12.5 Å². The maximum atomic E-state index is 5.65. The Morgan fingerprint density at radius 3 is 2.42 bits per heavy atom. The van der Waals surface area contributed by atoms with E-state index in [2.05, 4.69) is 5.32 Å². The van der Waals surface area contributed by atoms with Crippen molar-refractivity contribution in [3.63, 3.8) is 0 Å². The second-order valence-electron chi connectivity index (χ2n) is 2.83. The van der Waals surface area contributed by atoms with Crippen molar-refractivity contribution in [1.29, 1.82) is 0 Å². The lowest BCUT2D eigenvalue weighted by Gasteiger charge is -2.09. The lowest BCUT2D eigenvalue weighted by Crippen LogP contribution is -2.02. The third-order valence-electron chi connectivity index (χ3n) is 1.80. The van der Waals surface area contributed by atoms with Crippen molar-refractivity contribution in [2.24, 2.45) is 0 Å². The summed E-state index contributed by atoms with van der Waals surface area (Å²) < 4.78 is 0. The number of hydrogen-bond acceptors (Lipinski definition) is 3. The van der Waals surface area contributed by atoms with Crippen LogP contribution in [-0.4, -0.2) is 6.54 Å². The molecule has 1 rings (SSSR count). The zero-order valence-electron chi connectivity index (χ0n) is 7.52. The minimum absolute atomic E-state index is 0.636. The molecule has 0 unspecified atom stereocenters. The Morgan fingerprint density at radius 2 is 1.83 bits per heavy atom. The lowest BCUT2D eigenvalue weighted by atomic mass is 10.1. The summed E-state index contributed by atoms with van der Waals surface area (Å²) in [5, 5.41) is 3.21. The smallest absolute Gasteiger partial charge is 0.0568 e. The molecule has 66 valence electrons. The molecule has 5 N–H and O–H groups in total. The Morgan fingerprint density at radius 1 is 1.25 bits per heavy atom. The summed E-state index contributed by atoms with van der Waals surface area (Å²) in [4.78, 5) is 0. The van der Waals surface area contributed by atoms with Gasteiger partial charge in [-0.3, -0.25) is 0 Å². The maximum absolute atomic E-state index is 5.65. The average Bonchev–Trinajstić information content (AvgIpc) is 2.01. The van der Waals surface area contributed by atoms with Gasteiger partial charge in [0.2, 0.25) is 0 Å². The molecule has 12 heavy (non-hydrogen) atoms. The van der Waals surface area contributed by atoms with Gasteiger partial charge in [0.15, 0.2) is 0 Å².